The van der Waals surface area contributed by atoms with Gasteiger partial charge < -0.3 is 14.8 Å². The minimum atomic E-state index is -0.992. The Balaban J connectivity index is 2.19. The number of esters is 2. The van der Waals surface area contributed by atoms with E-state index in [1.807, 2.05) is 0 Å². The molecule has 0 amide bonds. The van der Waals surface area contributed by atoms with Crippen molar-refractivity contribution in [2.75, 3.05) is 14.2 Å². The number of ketones is 1. The van der Waals surface area contributed by atoms with E-state index in [0.717, 1.165) is 0 Å². The molecule has 1 aliphatic heterocycles. The van der Waals surface area contributed by atoms with Gasteiger partial charge >= 0.3 is 11.9 Å². The summed E-state index contributed by atoms with van der Waals surface area (Å²) in [5.41, 5.74) is 2.06. The zero-order chi connectivity index (χ0) is 22.2. The largest absolute Gasteiger partial charge is 0.468 e. The van der Waals surface area contributed by atoms with E-state index in [9.17, 15) is 24.5 Å². The topological polar surface area (TPSA) is 125 Å². The van der Waals surface area contributed by atoms with E-state index >= 15 is 0 Å². The molecule has 1 aromatic rings. The lowest BCUT2D eigenvalue weighted by Crippen LogP contribution is -2.43. The summed E-state index contributed by atoms with van der Waals surface area (Å²) in [4.78, 5) is 48.8. The van der Waals surface area contributed by atoms with Crippen molar-refractivity contribution in [3.63, 3.8) is 0 Å². The minimum Gasteiger partial charge on any atom is -0.468 e. The average molecular weight is 414 g/mol. The van der Waals surface area contributed by atoms with Crippen LogP contribution in [0.4, 0.5) is 5.69 Å². The second-order valence-electron chi connectivity index (χ2n) is 7.38. The summed E-state index contributed by atoms with van der Waals surface area (Å²) in [5.74, 6) is -3.79. The molecule has 3 atom stereocenters. The lowest BCUT2D eigenvalue weighted by molar-refractivity contribution is -0.384. The molecule has 0 saturated carbocycles. The van der Waals surface area contributed by atoms with E-state index in [1.54, 1.807) is 13.8 Å². The summed E-state index contributed by atoms with van der Waals surface area (Å²) in [6.07, 6.45) is 0.413. The van der Waals surface area contributed by atoms with Gasteiger partial charge in [0.15, 0.2) is 5.78 Å². The monoisotopic (exact) mass is 414 g/mol. The van der Waals surface area contributed by atoms with E-state index in [2.05, 4.69) is 5.32 Å². The zero-order valence-corrected chi connectivity index (χ0v) is 17.1. The van der Waals surface area contributed by atoms with Crippen molar-refractivity contribution >= 4 is 23.4 Å². The van der Waals surface area contributed by atoms with Gasteiger partial charge in [-0.3, -0.25) is 19.7 Å². The number of hydrogen-bond donors (Lipinski definition) is 1. The quantitative estimate of drug-likeness (QED) is 0.345. The third-order valence-electron chi connectivity index (χ3n) is 5.59. The number of benzene rings is 1. The van der Waals surface area contributed by atoms with Crippen molar-refractivity contribution in [1.29, 1.82) is 0 Å². The molecule has 1 aromatic carbocycles. The molecule has 9 heteroatoms. The van der Waals surface area contributed by atoms with Gasteiger partial charge in [0, 0.05) is 35.0 Å². The van der Waals surface area contributed by atoms with Crippen LogP contribution in [0, 0.1) is 22.0 Å². The molecule has 2 aliphatic rings. The highest BCUT2D eigenvalue weighted by Crippen LogP contribution is 2.45. The van der Waals surface area contributed by atoms with Crippen LogP contribution in [0.25, 0.3) is 0 Å². The Hall–Kier alpha value is -3.49. The number of hydrogen-bond acceptors (Lipinski definition) is 8. The third kappa shape index (κ3) is 3.47. The number of nitro groups is 1. The summed E-state index contributed by atoms with van der Waals surface area (Å²) < 4.78 is 9.76. The van der Waals surface area contributed by atoms with Gasteiger partial charge in [-0.15, -0.1) is 0 Å². The number of nitrogens with zero attached hydrogens (tertiary/aromatic N) is 1. The predicted molar refractivity (Wildman–Crippen MR) is 105 cm³/mol. The van der Waals surface area contributed by atoms with Crippen LogP contribution in [-0.2, 0) is 23.9 Å². The molecule has 3 unspecified atom stereocenters. The fourth-order valence-electron chi connectivity index (χ4n) is 4.18. The second-order valence-corrected chi connectivity index (χ2v) is 7.38. The molecule has 0 spiro atoms. The predicted octanol–water partition coefficient (Wildman–Crippen LogP) is 2.38. The van der Waals surface area contributed by atoms with Gasteiger partial charge in [0.05, 0.1) is 24.7 Å². The maximum absolute atomic E-state index is 13.4. The molecular formula is C21H22N2O7. The lowest BCUT2D eigenvalue weighted by atomic mass is 9.69. The summed E-state index contributed by atoms with van der Waals surface area (Å²) >= 11 is 0. The van der Waals surface area contributed by atoms with E-state index in [4.69, 9.17) is 9.47 Å². The van der Waals surface area contributed by atoms with Gasteiger partial charge in [0.25, 0.3) is 5.69 Å². The first-order chi connectivity index (χ1) is 14.2. The molecule has 0 saturated heterocycles. The normalized spacial score (nSPS) is 23.5. The van der Waals surface area contributed by atoms with Crippen molar-refractivity contribution in [2.45, 2.75) is 26.2 Å². The minimum absolute atomic E-state index is 0.113. The Morgan fingerprint density at radius 3 is 2.33 bits per heavy atom. The molecule has 0 bridgehead atoms. The van der Waals surface area contributed by atoms with Crippen molar-refractivity contribution in [3.05, 3.63) is 62.5 Å². The lowest BCUT2D eigenvalue weighted by Gasteiger charge is -2.38. The van der Waals surface area contributed by atoms with Crippen LogP contribution in [0.1, 0.15) is 31.7 Å². The number of carbonyl (C=O) groups is 3. The van der Waals surface area contributed by atoms with Crippen LogP contribution in [0.3, 0.4) is 0 Å². The number of rotatable bonds is 4. The van der Waals surface area contributed by atoms with Crippen molar-refractivity contribution < 1.29 is 28.8 Å². The van der Waals surface area contributed by atoms with Gasteiger partial charge in [-0.05, 0) is 24.8 Å². The van der Waals surface area contributed by atoms with Crippen molar-refractivity contribution in [2.24, 2.45) is 11.8 Å². The number of non-ortho nitro benzene ring substituents is 1. The van der Waals surface area contributed by atoms with E-state index in [1.165, 1.54) is 38.5 Å². The van der Waals surface area contributed by atoms with Gasteiger partial charge in [-0.1, -0.05) is 19.1 Å². The van der Waals surface area contributed by atoms with Crippen LogP contribution < -0.4 is 5.32 Å². The number of allylic oxidation sites excluding steroid dienone is 3. The molecular weight excluding hydrogens is 392 g/mol. The Kier molecular flexibility index (Phi) is 5.73. The van der Waals surface area contributed by atoms with E-state index < -0.39 is 34.5 Å². The SMILES string of the molecule is COC(=O)C1=C(C)NC2=C(C(=O)C(C(=O)OC)C(C)C2)C1c1ccc([N+](=O)[O-])cc1. The van der Waals surface area contributed by atoms with Crippen LogP contribution >= 0.6 is 0 Å². The Labute approximate surface area is 172 Å². The van der Waals surface area contributed by atoms with E-state index in [0.29, 0.717) is 23.4 Å². The Morgan fingerprint density at radius 1 is 1.17 bits per heavy atom. The smallest absolute Gasteiger partial charge is 0.336 e. The first-order valence-corrected chi connectivity index (χ1v) is 9.36. The average Bonchev–Trinajstić information content (AvgIpc) is 2.72. The first kappa shape index (κ1) is 21.2. The van der Waals surface area contributed by atoms with Gasteiger partial charge in [0.2, 0.25) is 0 Å². The van der Waals surface area contributed by atoms with Crippen molar-refractivity contribution in [3.8, 4) is 0 Å². The molecule has 0 aromatic heterocycles. The number of carbonyl (C=O) groups excluding carboxylic acids is 3. The summed E-state index contributed by atoms with van der Waals surface area (Å²) in [7, 11) is 2.46. The molecule has 1 aliphatic carbocycles. The van der Waals surface area contributed by atoms with Crippen LogP contribution in [0.5, 0.6) is 0 Å². The number of methoxy groups -OCH3 is 2. The highest BCUT2D eigenvalue weighted by atomic mass is 16.6. The van der Waals surface area contributed by atoms with Crippen LogP contribution in [0.15, 0.2) is 46.8 Å². The molecule has 1 N–H and O–H groups in total. The highest BCUT2D eigenvalue weighted by molar-refractivity contribution is 6.12. The zero-order valence-electron chi connectivity index (χ0n) is 17.1. The Bertz CT molecular complexity index is 991. The van der Waals surface area contributed by atoms with Gasteiger partial charge in [0.1, 0.15) is 5.92 Å². The second kappa shape index (κ2) is 8.10. The molecule has 3 rings (SSSR count). The third-order valence-corrected chi connectivity index (χ3v) is 5.59. The van der Waals surface area contributed by atoms with Crippen LogP contribution in [-0.4, -0.2) is 36.9 Å². The molecule has 30 heavy (non-hydrogen) atoms. The number of Topliss-reactive ketones (excluding diaryl/α,β-unsaturated/α-hetero) is 1. The number of nitrogens with one attached hydrogen (secondary N) is 1. The van der Waals surface area contributed by atoms with Crippen LogP contribution in [0.2, 0.25) is 0 Å². The molecule has 0 radical (unpaired) electrons. The molecule has 9 nitrogen and oxygen atoms in total. The summed E-state index contributed by atoms with van der Waals surface area (Å²) in [6, 6.07) is 5.64. The Morgan fingerprint density at radius 2 is 1.80 bits per heavy atom. The maximum atomic E-state index is 13.4. The van der Waals surface area contributed by atoms with Gasteiger partial charge in [-0.2, -0.15) is 0 Å². The van der Waals surface area contributed by atoms with Gasteiger partial charge in [-0.25, -0.2) is 4.79 Å². The summed E-state index contributed by atoms with van der Waals surface area (Å²) in [5, 5.41) is 14.2. The molecule has 158 valence electrons. The fraction of sp³-hybridized carbons (Fsp3) is 0.381. The maximum Gasteiger partial charge on any atom is 0.336 e. The standard InChI is InChI=1S/C21H22N2O7/c1-10-9-14-18(19(24)15(10)20(25)29-3)17(16(11(2)22-14)21(26)30-4)12-5-7-13(8-6-12)23(27)28/h5-8,10,15,17,22H,9H2,1-4H3. The van der Waals surface area contributed by atoms with E-state index in [-0.39, 0.29) is 22.8 Å². The first-order valence-electron chi connectivity index (χ1n) is 9.36. The molecule has 1 heterocycles. The van der Waals surface area contributed by atoms with Crippen molar-refractivity contribution in [1.82, 2.24) is 5.32 Å². The fourth-order valence-corrected chi connectivity index (χ4v) is 4.18. The number of nitro benzene ring substituents is 1. The summed E-state index contributed by atoms with van der Waals surface area (Å²) in [6.45, 7) is 3.50. The number of ether oxygens (including phenoxy) is 2. The molecule has 0 fully saturated rings. The number of dihydropyridines is 1. The highest BCUT2D eigenvalue weighted by Gasteiger charge is 2.47.